The number of rotatable bonds is 30. The number of hydrogen-bond acceptors (Lipinski definition) is 19. The first kappa shape index (κ1) is 64.9. The van der Waals surface area contributed by atoms with Crippen LogP contribution in [-0.2, 0) is 71.3 Å². The number of nitrogens with one attached hydrogen (secondary N) is 6. The second kappa shape index (κ2) is 31.8. The molecular weight excluding hydrogens is 1080 g/mol. The Bertz CT molecular complexity index is 2640. The number of carboxylic acids is 4. The lowest BCUT2D eigenvalue weighted by Gasteiger charge is -2.33. The zero-order chi connectivity index (χ0) is 58.3. The fourth-order valence-corrected chi connectivity index (χ4v) is 11.0. The van der Waals surface area contributed by atoms with Gasteiger partial charge in [-0.1, -0.05) is 6.07 Å². The van der Waals surface area contributed by atoms with Crippen LogP contribution in [0, 0.1) is 13.8 Å². The number of sulfonamides is 1. The number of ether oxygens (including phenoxy) is 1. The highest BCUT2D eigenvalue weighted by molar-refractivity contribution is 7.89. The third-order valence-electron chi connectivity index (χ3n) is 12.6. The number of carboxylic acid groups (broad SMARTS) is 4. The van der Waals surface area contributed by atoms with Crippen molar-refractivity contribution in [3.05, 3.63) is 46.6 Å². The van der Waals surface area contributed by atoms with Gasteiger partial charge in [0, 0.05) is 97.1 Å². The van der Waals surface area contributed by atoms with Gasteiger partial charge in [-0.3, -0.25) is 62.5 Å². The maximum atomic E-state index is 13.5. The van der Waals surface area contributed by atoms with Crippen LogP contribution in [0.3, 0.4) is 0 Å². The highest BCUT2D eigenvalue weighted by Crippen LogP contribution is 2.26. The van der Waals surface area contributed by atoms with Gasteiger partial charge in [-0.05, 0) is 80.8 Å². The van der Waals surface area contributed by atoms with Crippen molar-refractivity contribution >= 4 is 73.5 Å². The Balaban J connectivity index is 1.21. The largest absolute Gasteiger partial charge is 0.494 e. The van der Waals surface area contributed by atoms with E-state index in [-0.39, 0.29) is 120 Å². The maximum absolute atomic E-state index is 13.5. The molecular formula is C48H73N11O18S2. The highest BCUT2D eigenvalue weighted by Gasteiger charge is 2.30. The molecule has 3 heterocycles. The minimum absolute atomic E-state index is 0.0121. The molecule has 0 aliphatic carbocycles. The summed E-state index contributed by atoms with van der Waals surface area (Å²) in [6.07, 6.45) is 3.14. The Morgan fingerprint density at radius 2 is 1.20 bits per heavy atom. The van der Waals surface area contributed by atoms with Crippen molar-refractivity contribution in [2.24, 2.45) is 0 Å². The minimum Gasteiger partial charge on any atom is -0.494 e. The molecule has 0 spiro atoms. The first-order valence-electron chi connectivity index (χ1n) is 25.6. The molecule has 4 rings (SSSR count). The number of benzene rings is 1. The van der Waals surface area contributed by atoms with Gasteiger partial charge >= 0.3 is 23.9 Å². The molecule has 1 aromatic carbocycles. The van der Waals surface area contributed by atoms with Gasteiger partial charge in [0.2, 0.25) is 33.7 Å². The third-order valence-corrected chi connectivity index (χ3v) is 15.1. The van der Waals surface area contributed by atoms with Gasteiger partial charge in [0.05, 0.1) is 37.7 Å². The molecule has 11 N–H and O–H groups in total. The molecule has 440 valence electrons. The van der Waals surface area contributed by atoms with E-state index < -0.39 is 112 Å². The first-order valence-corrected chi connectivity index (χ1v) is 28.7. The quantitative estimate of drug-likeness (QED) is 0.0277. The summed E-state index contributed by atoms with van der Waals surface area (Å²) in [6, 6.07) is 3.32. The fourth-order valence-electron chi connectivity index (χ4n) is 8.73. The summed E-state index contributed by atoms with van der Waals surface area (Å²) in [5.74, 6) is -7.83. The number of nitrogens with zero attached hydrogens (tertiary/aromatic N) is 5. The van der Waals surface area contributed by atoms with Crippen molar-refractivity contribution in [1.82, 2.24) is 50.6 Å². The highest BCUT2D eigenvalue weighted by atomic mass is 32.2. The SMILES string of the molecule is Cc1cc(OCCCC(=O)NCCNC(=O)C(CS(=O)(=O)O)NC(=O)CN2CCN(CC(=O)O)CCN(CC(=O)O)CCN(CC(=O)O)CC2)cc(C)c1S(=O)(=O)N[C@H](CNC(=O)CCCc1ccc2c(n1)NCCC2)C(=O)O. The van der Waals surface area contributed by atoms with Crippen LogP contribution in [0.25, 0.3) is 0 Å². The number of amides is 4. The van der Waals surface area contributed by atoms with E-state index in [1.54, 1.807) is 9.80 Å². The van der Waals surface area contributed by atoms with Crippen molar-refractivity contribution in [2.45, 2.75) is 75.8 Å². The maximum Gasteiger partial charge on any atom is 0.323 e. The summed E-state index contributed by atoms with van der Waals surface area (Å²) in [5, 5.41) is 51.2. The van der Waals surface area contributed by atoms with Crippen LogP contribution < -0.4 is 36.0 Å². The molecule has 4 amide bonds. The number of carbonyl (C=O) groups excluding carboxylic acids is 4. The average molecular weight is 1160 g/mol. The number of aryl methyl sites for hydroxylation is 4. The van der Waals surface area contributed by atoms with Gasteiger partial charge in [-0.15, -0.1) is 0 Å². The van der Waals surface area contributed by atoms with E-state index in [9.17, 15) is 80.2 Å². The Hall–Kier alpha value is -6.61. The molecule has 2 atom stereocenters. The number of anilines is 1. The zero-order valence-corrected chi connectivity index (χ0v) is 45.9. The number of aliphatic carboxylic acids is 4. The van der Waals surface area contributed by atoms with Crippen LogP contribution in [0.15, 0.2) is 29.2 Å². The number of carbonyl (C=O) groups is 8. The molecule has 79 heavy (non-hydrogen) atoms. The molecule has 2 aliphatic rings. The van der Waals surface area contributed by atoms with E-state index in [1.165, 1.54) is 35.8 Å². The minimum atomic E-state index is -4.84. The van der Waals surface area contributed by atoms with Gasteiger partial charge in [-0.25, -0.2) is 13.4 Å². The molecule has 1 fully saturated rings. The summed E-state index contributed by atoms with van der Waals surface area (Å²) in [7, 11) is -9.25. The van der Waals surface area contributed by atoms with E-state index in [0.717, 1.165) is 36.5 Å². The molecule has 1 unspecified atom stereocenters. The van der Waals surface area contributed by atoms with Crippen LogP contribution in [0.1, 0.15) is 54.5 Å². The predicted octanol–water partition coefficient (Wildman–Crippen LogP) is -2.83. The summed E-state index contributed by atoms with van der Waals surface area (Å²) in [6.45, 7) is 2.12. The standard InChI is InChI=1S/C48H73N11O18S2/c1-32-24-36(25-33(2)45(32)79(75,76)55-37(48(70)71)26-52-40(61)8-3-7-35-11-10-34-6-4-12-50-46(34)53-35)77-23-5-9-39(60)49-13-14-51-47(69)38(31-78(72,73)74)54-41(62)27-56-15-17-57(28-42(63)64)19-21-59(30-44(67)68)22-20-58(18-16-56)29-43(65)66/h10-11,24-25,37-38,55H,3-9,12-23,26-31H2,1-2H3,(H,49,60)(H,50,53)(H,51,69)(H,52,61)(H,54,62)(H,63,64)(H,65,66)(H,67,68)(H,70,71)(H,72,73,74)/t37-,38?/m1/s1. The van der Waals surface area contributed by atoms with Crippen LogP contribution in [0.5, 0.6) is 5.75 Å². The average Bonchev–Trinajstić information content (AvgIpc) is 3.36. The van der Waals surface area contributed by atoms with Gasteiger partial charge in [0.25, 0.3) is 10.1 Å². The van der Waals surface area contributed by atoms with E-state index in [0.29, 0.717) is 12.8 Å². The topological polar surface area (TPSA) is 413 Å². The van der Waals surface area contributed by atoms with Gasteiger partial charge in [0.15, 0.2) is 0 Å². The third kappa shape index (κ3) is 24.5. The monoisotopic (exact) mass is 1160 g/mol. The Morgan fingerprint density at radius 1 is 0.684 bits per heavy atom. The molecule has 0 bridgehead atoms. The van der Waals surface area contributed by atoms with E-state index in [4.69, 9.17) is 4.74 Å². The molecule has 1 aromatic heterocycles. The lowest BCUT2D eigenvalue weighted by molar-refractivity contribution is -0.140. The number of fused-ring (bicyclic) bond motifs is 1. The molecule has 2 aliphatic heterocycles. The predicted molar refractivity (Wildman–Crippen MR) is 282 cm³/mol. The van der Waals surface area contributed by atoms with Crippen LogP contribution in [0.4, 0.5) is 5.82 Å². The molecule has 31 heteroatoms. The molecule has 0 saturated carbocycles. The number of hydrogen-bond donors (Lipinski definition) is 11. The molecule has 2 aromatic rings. The molecule has 0 radical (unpaired) electrons. The zero-order valence-electron chi connectivity index (χ0n) is 44.2. The second-order valence-electron chi connectivity index (χ2n) is 19.1. The van der Waals surface area contributed by atoms with Gasteiger partial charge in [0.1, 0.15) is 29.4 Å². The Morgan fingerprint density at radius 3 is 1.73 bits per heavy atom. The van der Waals surface area contributed by atoms with Crippen molar-refractivity contribution < 1.29 is 84.9 Å². The van der Waals surface area contributed by atoms with Crippen molar-refractivity contribution in [2.75, 3.05) is 122 Å². The fraction of sp³-hybridized carbons (Fsp3) is 0.604. The van der Waals surface area contributed by atoms with Crippen LogP contribution >= 0.6 is 0 Å². The smallest absolute Gasteiger partial charge is 0.323 e. The van der Waals surface area contributed by atoms with Crippen LogP contribution in [-0.4, -0.2) is 243 Å². The molecule has 29 nitrogen and oxygen atoms in total. The van der Waals surface area contributed by atoms with E-state index in [1.807, 2.05) is 12.1 Å². The number of pyridine rings is 1. The molecule has 1 saturated heterocycles. The summed E-state index contributed by atoms with van der Waals surface area (Å²) in [4.78, 5) is 109. The lowest BCUT2D eigenvalue weighted by Crippen LogP contribution is -2.54. The van der Waals surface area contributed by atoms with Crippen LogP contribution in [0.2, 0.25) is 0 Å². The number of aromatic nitrogens is 1. The Kier molecular flexibility index (Phi) is 26.2. The van der Waals surface area contributed by atoms with Gasteiger partial charge in [-0.2, -0.15) is 13.1 Å². The summed E-state index contributed by atoms with van der Waals surface area (Å²) >= 11 is 0. The van der Waals surface area contributed by atoms with Crippen molar-refractivity contribution in [1.29, 1.82) is 0 Å². The van der Waals surface area contributed by atoms with E-state index >= 15 is 0 Å². The Labute approximate surface area is 458 Å². The normalized spacial score (nSPS) is 16.1. The van der Waals surface area contributed by atoms with Crippen molar-refractivity contribution in [3.63, 3.8) is 0 Å². The summed E-state index contributed by atoms with van der Waals surface area (Å²) < 4.78 is 68.3. The second-order valence-corrected chi connectivity index (χ2v) is 22.3. The summed E-state index contributed by atoms with van der Waals surface area (Å²) in [5.41, 5.74) is 2.42. The van der Waals surface area contributed by atoms with E-state index in [2.05, 4.69) is 36.3 Å². The first-order chi connectivity index (χ1) is 37.3. The van der Waals surface area contributed by atoms with Crippen molar-refractivity contribution in [3.8, 4) is 5.75 Å². The van der Waals surface area contributed by atoms with Gasteiger partial charge < -0.3 is 51.7 Å². The lowest BCUT2D eigenvalue weighted by atomic mass is 10.1.